The largest absolute Gasteiger partial charge is 0.351 e. The maximum atomic E-state index is 12.5. The number of halogens is 1. The van der Waals surface area contributed by atoms with Gasteiger partial charge in [-0.05, 0) is 99.0 Å². The van der Waals surface area contributed by atoms with Gasteiger partial charge in [-0.1, -0.05) is 117 Å². The number of piperidine rings is 1. The summed E-state index contributed by atoms with van der Waals surface area (Å²) in [5, 5.41) is 3.86. The van der Waals surface area contributed by atoms with Crippen LogP contribution in [0.5, 0.6) is 0 Å². The van der Waals surface area contributed by atoms with Gasteiger partial charge in [-0.3, -0.25) is 9.59 Å². The Balaban J connectivity index is 0.000000169. The Bertz CT molecular complexity index is 1940. The number of aromatic amines is 1. The Hall–Kier alpha value is -4.56. The number of likely N-dealkylation sites (tertiary alicyclic amines) is 1. The number of amides is 1. The predicted molar refractivity (Wildman–Crippen MR) is 232 cm³/mol. The molecule has 1 unspecified atom stereocenters. The Morgan fingerprint density at radius 2 is 1.62 bits per heavy atom. The van der Waals surface area contributed by atoms with E-state index in [2.05, 4.69) is 102 Å². The van der Waals surface area contributed by atoms with E-state index >= 15 is 0 Å². The third kappa shape index (κ3) is 10.8. The van der Waals surface area contributed by atoms with Crippen molar-refractivity contribution in [3.8, 4) is 0 Å². The van der Waals surface area contributed by atoms with Gasteiger partial charge in [-0.25, -0.2) is 4.98 Å². The van der Waals surface area contributed by atoms with Crippen molar-refractivity contribution in [2.24, 2.45) is 0 Å². The van der Waals surface area contributed by atoms with Gasteiger partial charge in [0.15, 0.2) is 5.78 Å². The van der Waals surface area contributed by atoms with Gasteiger partial charge in [0.25, 0.3) is 0 Å². The van der Waals surface area contributed by atoms with Gasteiger partial charge < -0.3 is 20.1 Å². The summed E-state index contributed by atoms with van der Waals surface area (Å²) < 4.78 is 0. The number of aromatic nitrogens is 2. The van der Waals surface area contributed by atoms with E-state index in [4.69, 9.17) is 11.6 Å². The van der Waals surface area contributed by atoms with Crippen molar-refractivity contribution in [1.82, 2.24) is 20.2 Å². The van der Waals surface area contributed by atoms with Gasteiger partial charge in [0.05, 0.1) is 12.0 Å². The first kappa shape index (κ1) is 42.6. The minimum atomic E-state index is -0.559. The summed E-state index contributed by atoms with van der Waals surface area (Å²) in [5.41, 5.74) is 7.97. The molecule has 2 N–H and O–H groups in total. The molecule has 0 spiro atoms. The number of para-hydroxylation sites is 1. The topological polar surface area (TPSA) is 81.3 Å². The molecule has 0 radical (unpaired) electrons. The van der Waals surface area contributed by atoms with Gasteiger partial charge in [-0.2, -0.15) is 0 Å². The van der Waals surface area contributed by atoms with Crippen LogP contribution >= 0.6 is 11.6 Å². The maximum Gasteiger partial charge on any atom is 0.226 e. The molecule has 1 aliphatic heterocycles. The van der Waals surface area contributed by atoms with Gasteiger partial charge >= 0.3 is 0 Å². The van der Waals surface area contributed by atoms with Crippen LogP contribution in [0.15, 0.2) is 116 Å². The smallest absolute Gasteiger partial charge is 0.226 e. The molecular weight excluding hydrogens is 714 g/mol. The van der Waals surface area contributed by atoms with Crippen LogP contribution in [-0.4, -0.2) is 59.3 Å². The van der Waals surface area contributed by atoms with Gasteiger partial charge in [0.2, 0.25) is 5.91 Å². The molecular formula is C48H60ClN5O2. The monoisotopic (exact) mass is 773 g/mol. The summed E-state index contributed by atoms with van der Waals surface area (Å²) in [6.07, 6.45) is 11.0. The van der Waals surface area contributed by atoms with E-state index in [1.807, 2.05) is 67.5 Å². The van der Waals surface area contributed by atoms with Crippen LogP contribution < -0.4 is 10.2 Å². The number of rotatable bonds is 10. The maximum absolute atomic E-state index is 12.5. The highest BCUT2D eigenvalue weighted by molar-refractivity contribution is 6.31. The lowest BCUT2D eigenvalue weighted by Gasteiger charge is -2.38. The first-order valence-corrected chi connectivity index (χ1v) is 20.7. The number of Topliss-reactive ketones (excluding diaryl/α,β-unsaturated/α-hetero) is 1. The number of imidazole rings is 1. The highest BCUT2D eigenvalue weighted by Crippen LogP contribution is 2.37. The van der Waals surface area contributed by atoms with Gasteiger partial charge in [0, 0.05) is 61.3 Å². The number of aryl methyl sites for hydroxylation is 1. The molecule has 1 saturated heterocycles. The summed E-state index contributed by atoms with van der Waals surface area (Å²) in [5.74, 6) is 0.847. The molecule has 1 saturated carbocycles. The van der Waals surface area contributed by atoms with E-state index in [-0.39, 0.29) is 11.7 Å². The van der Waals surface area contributed by atoms with Crippen LogP contribution in [-0.2, 0) is 21.5 Å². The first-order valence-electron chi connectivity index (χ1n) is 20.3. The van der Waals surface area contributed by atoms with Crippen molar-refractivity contribution < 1.29 is 9.59 Å². The molecule has 0 bridgehead atoms. The molecule has 2 fully saturated rings. The summed E-state index contributed by atoms with van der Waals surface area (Å²) in [4.78, 5) is 36.6. The van der Waals surface area contributed by atoms with Crippen LogP contribution in [0.25, 0.3) is 0 Å². The molecule has 1 aromatic heterocycles. The quantitative estimate of drug-likeness (QED) is 0.148. The number of nitrogens with zero attached hydrogens (tertiary/aromatic N) is 3. The second-order valence-electron chi connectivity index (χ2n) is 15.0. The third-order valence-electron chi connectivity index (χ3n) is 11.6. The zero-order valence-electron chi connectivity index (χ0n) is 33.9. The fourth-order valence-corrected chi connectivity index (χ4v) is 8.38. The van der Waals surface area contributed by atoms with Crippen LogP contribution in [0, 0.1) is 13.8 Å². The zero-order valence-corrected chi connectivity index (χ0v) is 34.7. The molecule has 1 aliphatic carbocycles. The molecule has 2 atom stereocenters. The summed E-state index contributed by atoms with van der Waals surface area (Å²) >= 11 is 6.20. The number of hydrogen-bond donors (Lipinski definition) is 2. The number of H-pyrrole nitrogens is 1. The Labute approximate surface area is 339 Å². The van der Waals surface area contributed by atoms with E-state index in [0.717, 1.165) is 75.1 Å². The van der Waals surface area contributed by atoms with Crippen LogP contribution in [0.2, 0.25) is 5.02 Å². The number of carbonyl (C=O) groups excluding carboxylic acids is 2. The fraction of sp³-hybridized carbons (Fsp3) is 0.396. The van der Waals surface area contributed by atoms with Crippen LogP contribution in [0.1, 0.15) is 98.2 Å². The number of ketones is 1. The standard InChI is InChI=1S/C22H28N2O.C13H16ClNO.C13H16N2/c1-2-22(25)24(20-11-7-4-8-12-20)21-14-17-23(18-15-21)16-13-19-9-5-3-6-10-19;1-15-13(9-5-4-8-12(13)16)10-6-2-3-7-11(10)14;1-9-5-4-6-12(10(9)2)11(3)13-7-14-8-15-13/h3-12,21H,2,13-18H2,1H3;2-3,6-7,15H,4-5,8-9H2,1H3;4-8,11H,1-3H3,(H,14,15)/t;;11-/m..0/s1. The van der Waals surface area contributed by atoms with E-state index in [0.29, 0.717) is 29.8 Å². The van der Waals surface area contributed by atoms with Crippen molar-refractivity contribution in [3.05, 3.63) is 154 Å². The molecule has 7 nitrogen and oxygen atoms in total. The molecule has 2 heterocycles. The Kier molecular flexibility index (Phi) is 16.0. The Morgan fingerprint density at radius 1 is 0.946 bits per heavy atom. The summed E-state index contributed by atoms with van der Waals surface area (Å²) in [6.45, 7) is 11.7. The lowest BCUT2D eigenvalue weighted by atomic mass is 9.75. The van der Waals surface area contributed by atoms with Crippen molar-refractivity contribution >= 4 is 29.0 Å². The van der Waals surface area contributed by atoms with E-state index in [9.17, 15) is 9.59 Å². The minimum absolute atomic E-state index is 0.230. The molecule has 2 aliphatic rings. The van der Waals surface area contributed by atoms with Gasteiger partial charge in [0.1, 0.15) is 5.54 Å². The second kappa shape index (κ2) is 21.1. The van der Waals surface area contributed by atoms with Crippen molar-refractivity contribution in [3.63, 3.8) is 0 Å². The predicted octanol–water partition coefficient (Wildman–Crippen LogP) is 10.2. The van der Waals surface area contributed by atoms with Gasteiger partial charge in [-0.15, -0.1) is 0 Å². The number of nitrogens with one attached hydrogen (secondary N) is 2. The number of carbonyl (C=O) groups is 2. The first-order chi connectivity index (χ1) is 27.2. The van der Waals surface area contributed by atoms with Crippen molar-refractivity contribution in [2.45, 2.75) is 96.6 Å². The molecule has 56 heavy (non-hydrogen) atoms. The number of hydrogen-bond acceptors (Lipinski definition) is 5. The molecule has 8 heteroatoms. The molecule has 1 amide bonds. The van der Waals surface area contributed by atoms with Crippen LogP contribution in [0.4, 0.5) is 5.69 Å². The average Bonchev–Trinajstić information content (AvgIpc) is 3.79. The zero-order chi connectivity index (χ0) is 39.9. The minimum Gasteiger partial charge on any atom is -0.351 e. The SMILES string of the molecule is CCC(=O)N(c1ccccc1)C1CCN(CCc2ccccc2)CC1.CNC1(c2ccccc2Cl)CCCCC1=O.Cc1cccc([C@H](C)c2c[nH]cn2)c1C. The van der Waals surface area contributed by atoms with E-state index in [1.54, 1.807) is 6.33 Å². The summed E-state index contributed by atoms with van der Waals surface area (Å²) in [7, 11) is 1.84. The van der Waals surface area contributed by atoms with Crippen LogP contribution in [0.3, 0.4) is 0 Å². The second-order valence-corrected chi connectivity index (χ2v) is 15.4. The van der Waals surface area contributed by atoms with Crippen molar-refractivity contribution in [2.75, 3.05) is 31.6 Å². The van der Waals surface area contributed by atoms with E-state index < -0.39 is 5.54 Å². The lowest BCUT2D eigenvalue weighted by molar-refractivity contribution is -0.127. The van der Waals surface area contributed by atoms with E-state index in [1.165, 1.54) is 22.3 Å². The number of anilines is 1. The highest BCUT2D eigenvalue weighted by Gasteiger charge is 2.41. The molecule has 296 valence electrons. The lowest BCUT2D eigenvalue weighted by Crippen LogP contribution is -2.49. The highest BCUT2D eigenvalue weighted by atomic mass is 35.5. The number of benzene rings is 4. The third-order valence-corrected chi connectivity index (χ3v) is 11.9. The average molecular weight is 774 g/mol. The Morgan fingerprint density at radius 3 is 2.25 bits per heavy atom. The fourth-order valence-electron chi connectivity index (χ4n) is 8.08. The molecule has 5 aromatic rings. The normalized spacial score (nSPS) is 17.9. The molecule has 7 rings (SSSR count). The molecule has 4 aromatic carbocycles. The number of likely N-dealkylation sites (N-methyl/N-ethyl adjacent to an activating group) is 1. The van der Waals surface area contributed by atoms with Crippen molar-refractivity contribution in [1.29, 1.82) is 0 Å². The summed E-state index contributed by atoms with van der Waals surface area (Å²) in [6, 6.07) is 35.2.